The lowest BCUT2D eigenvalue weighted by atomic mass is 9.57. The van der Waals surface area contributed by atoms with Gasteiger partial charge in [-0.25, -0.2) is 4.39 Å². The van der Waals surface area contributed by atoms with Crippen molar-refractivity contribution in [3.63, 3.8) is 0 Å². The highest BCUT2D eigenvalue weighted by atomic mass is 19.1. The summed E-state index contributed by atoms with van der Waals surface area (Å²) in [5.74, 6) is 1.46. The third-order valence-electron chi connectivity index (χ3n) is 7.88. The van der Waals surface area contributed by atoms with Crippen molar-refractivity contribution in [1.82, 2.24) is 4.98 Å². The highest BCUT2D eigenvalue weighted by Crippen LogP contribution is 2.54. The number of pyridine rings is 1. The molecular weight excluding hydrogens is 401 g/mol. The van der Waals surface area contributed by atoms with Crippen molar-refractivity contribution in [3.8, 4) is 11.1 Å². The summed E-state index contributed by atoms with van der Waals surface area (Å²) >= 11 is 0. The Bertz CT molecular complexity index is 1060. The first-order valence-electron chi connectivity index (χ1n) is 11.8. The Labute approximate surface area is 189 Å². The van der Waals surface area contributed by atoms with Crippen molar-refractivity contribution < 1.29 is 13.9 Å². The van der Waals surface area contributed by atoms with E-state index in [0.29, 0.717) is 17.8 Å². The maximum absolute atomic E-state index is 13.5. The lowest BCUT2D eigenvalue weighted by Crippen LogP contribution is -2.43. The first-order chi connectivity index (χ1) is 15.5. The van der Waals surface area contributed by atoms with Crippen LogP contribution in [0.3, 0.4) is 0 Å². The third-order valence-corrected chi connectivity index (χ3v) is 7.88. The van der Waals surface area contributed by atoms with Crippen LogP contribution in [0.25, 0.3) is 17.2 Å². The number of carbonyl (C=O) groups is 1. The van der Waals surface area contributed by atoms with Gasteiger partial charge in [0, 0.05) is 17.7 Å². The van der Waals surface area contributed by atoms with Crippen LogP contribution in [0.15, 0.2) is 60.3 Å². The van der Waals surface area contributed by atoms with Gasteiger partial charge in [0.2, 0.25) is 0 Å². The first kappa shape index (κ1) is 21.1. The number of hydrogen-bond donors (Lipinski definition) is 0. The molecule has 5 rings (SSSR count). The number of hydrogen-bond acceptors (Lipinski definition) is 3. The molecule has 2 saturated carbocycles. The fourth-order valence-corrected chi connectivity index (χ4v) is 6.31. The zero-order valence-corrected chi connectivity index (χ0v) is 18.7. The van der Waals surface area contributed by atoms with Crippen molar-refractivity contribution in [2.45, 2.75) is 45.6 Å². The van der Waals surface area contributed by atoms with Gasteiger partial charge in [0.25, 0.3) is 0 Å². The summed E-state index contributed by atoms with van der Waals surface area (Å²) in [5, 5.41) is 0. The summed E-state index contributed by atoms with van der Waals surface area (Å²) in [6.07, 6.45) is 12.8. The number of carbonyl (C=O) groups excluding carboxylic acids is 1. The number of cyclic esters (lactones) is 1. The average molecular weight is 432 g/mol. The summed E-state index contributed by atoms with van der Waals surface area (Å²) in [7, 11) is 0. The van der Waals surface area contributed by atoms with E-state index in [0.717, 1.165) is 36.1 Å². The molecule has 0 spiro atoms. The molecule has 0 amide bonds. The van der Waals surface area contributed by atoms with Crippen LogP contribution in [0.5, 0.6) is 0 Å². The zero-order chi connectivity index (χ0) is 22.2. The second-order valence-electron chi connectivity index (χ2n) is 9.59. The minimum Gasteiger partial charge on any atom is -0.462 e. The van der Waals surface area contributed by atoms with E-state index in [9.17, 15) is 9.18 Å². The van der Waals surface area contributed by atoms with E-state index in [1.807, 2.05) is 18.2 Å². The predicted molar refractivity (Wildman–Crippen MR) is 124 cm³/mol. The maximum Gasteiger partial charge on any atom is 0.309 e. The monoisotopic (exact) mass is 431 g/mol. The normalized spacial score (nSPS) is 33.2. The fourth-order valence-electron chi connectivity index (χ4n) is 6.31. The van der Waals surface area contributed by atoms with Crippen LogP contribution in [0.1, 0.15) is 45.2 Å². The molecule has 1 aromatic carbocycles. The van der Waals surface area contributed by atoms with E-state index in [2.05, 4.69) is 37.1 Å². The average Bonchev–Trinajstić information content (AvgIpc) is 3.09. The van der Waals surface area contributed by atoms with Crippen molar-refractivity contribution in [2.24, 2.45) is 29.6 Å². The number of aromatic nitrogens is 1. The first-order valence-corrected chi connectivity index (χ1v) is 11.8. The van der Waals surface area contributed by atoms with E-state index in [1.165, 1.54) is 24.1 Å². The van der Waals surface area contributed by atoms with E-state index in [1.54, 1.807) is 12.3 Å². The van der Waals surface area contributed by atoms with Crippen molar-refractivity contribution in [1.29, 1.82) is 0 Å². The van der Waals surface area contributed by atoms with Crippen molar-refractivity contribution in [2.75, 3.05) is 0 Å². The Balaban J connectivity index is 1.40. The van der Waals surface area contributed by atoms with Crippen molar-refractivity contribution in [3.05, 3.63) is 71.8 Å². The second-order valence-corrected chi connectivity index (χ2v) is 9.59. The van der Waals surface area contributed by atoms with Gasteiger partial charge < -0.3 is 4.74 Å². The molecule has 166 valence electrons. The summed E-state index contributed by atoms with van der Waals surface area (Å²) in [5.41, 5.74) is 4.13. The number of rotatable bonds is 3. The molecule has 1 saturated heterocycles. The second kappa shape index (κ2) is 8.65. The summed E-state index contributed by atoms with van der Waals surface area (Å²) in [6, 6.07) is 10.5. The van der Waals surface area contributed by atoms with Gasteiger partial charge >= 0.3 is 5.97 Å². The van der Waals surface area contributed by atoms with Crippen LogP contribution in [0, 0.1) is 35.4 Å². The molecule has 0 N–H and O–H groups in total. The molecule has 0 unspecified atom stereocenters. The lowest BCUT2D eigenvalue weighted by molar-refractivity contribution is -0.144. The standard InChI is InChI=1S/C28H30FNO2/c1-3-18-7-11-24-21(13-18)15-26-27(17(2)32-28(26)31)25(24)12-10-23-9-8-20(16-30-23)19-5-4-6-22(29)14-19/h3-6,8-10,12,14,16-17,21,24-27H,7,11,13,15H2,1-2H3/b12-10+,18-3?/t17-,21+,24-,25+,26-,27+/m1/s1. The van der Waals surface area contributed by atoms with Gasteiger partial charge in [-0.3, -0.25) is 9.78 Å². The predicted octanol–water partition coefficient (Wildman–Crippen LogP) is 6.46. The number of allylic oxidation sites excluding steroid dienone is 3. The Morgan fingerprint density at radius 3 is 2.81 bits per heavy atom. The Kier molecular flexibility index (Phi) is 5.71. The molecule has 0 radical (unpaired) electrons. The molecule has 4 heteroatoms. The number of benzene rings is 1. The number of esters is 1. The van der Waals surface area contributed by atoms with Crippen LogP contribution in [-0.2, 0) is 9.53 Å². The summed E-state index contributed by atoms with van der Waals surface area (Å²) in [6.45, 7) is 4.18. The Hall–Kier alpha value is -2.75. The van der Waals surface area contributed by atoms with Crippen LogP contribution >= 0.6 is 0 Å². The van der Waals surface area contributed by atoms with Gasteiger partial charge in [-0.1, -0.05) is 35.9 Å². The van der Waals surface area contributed by atoms with Crippen LogP contribution in [-0.4, -0.2) is 17.1 Å². The highest BCUT2D eigenvalue weighted by Gasteiger charge is 2.54. The molecule has 3 fully saturated rings. The number of nitrogens with zero attached hydrogens (tertiary/aromatic N) is 1. The molecule has 2 aliphatic carbocycles. The molecule has 1 aliphatic heterocycles. The number of halogens is 1. The van der Waals surface area contributed by atoms with E-state index < -0.39 is 0 Å². The quantitative estimate of drug-likeness (QED) is 0.413. The molecular formula is C28H30FNO2. The summed E-state index contributed by atoms with van der Waals surface area (Å²) in [4.78, 5) is 17.2. The minimum absolute atomic E-state index is 0.00970. The molecule has 6 atom stereocenters. The molecule has 32 heavy (non-hydrogen) atoms. The molecule has 2 aromatic rings. The number of ether oxygens (including phenoxy) is 1. The minimum atomic E-state index is -0.246. The maximum atomic E-state index is 13.5. The van der Waals surface area contributed by atoms with E-state index in [4.69, 9.17) is 4.74 Å². The molecule has 2 heterocycles. The fraction of sp³-hybridized carbons (Fsp3) is 0.429. The van der Waals surface area contributed by atoms with Crippen LogP contribution in [0.4, 0.5) is 4.39 Å². The van der Waals surface area contributed by atoms with Crippen LogP contribution < -0.4 is 0 Å². The molecule has 3 nitrogen and oxygen atoms in total. The summed E-state index contributed by atoms with van der Waals surface area (Å²) < 4.78 is 19.2. The van der Waals surface area contributed by atoms with Gasteiger partial charge in [0.1, 0.15) is 11.9 Å². The van der Waals surface area contributed by atoms with Crippen LogP contribution in [0.2, 0.25) is 0 Å². The van der Waals surface area contributed by atoms with Gasteiger partial charge in [-0.15, -0.1) is 0 Å². The smallest absolute Gasteiger partial charge is 0.309 e. The molecule has 0 bridgehead atoms. The van der Waals surface area contributed by atoms with Gasteiger partial charge in [0.15, 0.2) is 0 Å². The Morgan fingerprint density at radius 1 is 1.19 bits per heavy atom. The lowest BCUT2D eigenvalue weighted by Gasteiger charge is -2.46. The topological polar surface area (TPSA) is 39.2 Å². The largest absolute Gasteiger partial charge is 0.462 e. The molecule has 3 aliphatic rings. The van der Waals surface area contributed by atoms with Gasteiger partial charge in [-0.2, -0.15) is 0 Å². The van der Waals surface area contributed by atoms with Crippen molar-refractivity contribution >= 4 is 12.0 Å². The van der Waals surface area contributed by atoms with E-state index in [-0.39, 0.29) is 29.7 Å². The van der Waals surface area contributed by atoms with Gasteiger partial charge in [0.05, 0.1) is 11.6 Å². The van der Waals surface area contributed by atoms with Gasteiger partial charge in [-0.05, 0) is 87.1 Å². The third kappa shape index (κ3) is 3.92. The zero-order valence-electron chi connectivity index (χ0n) is 18.7. The molecule has 1 aromatic heterocycles. The highest BCUT2D eigenvalue weighted by molar-refractivity contribution is 5.75. The SMILES string of the molecule is CC=C1CC[C@@H]2[C@@H](C1)C[C@H]1C(=O)O[C@H](C)[C@H]1[C@H]2/C=C/c1ccc(-c2cccc(F)c2)cn1. The number of fused-ring (bicyclic) bond motifs is 2. The Morgan fingerprint density at radius 2 is 2.06 bits per heavy atom. The van der Waals surface area contributed by atoms with E-state index >= 15 is 0 Å².